The van der Waals surface area contributed by atoms with Crippen LogP contribution in [0, 0.1) is 0 Å². The quantitative estimate of drug-likeness (QED) is 0.601. The predicted molar refractivity (Wildman–Crippen MR) is 105 cm³/mol. The summed E-state index contributed by atoms with van der Waals surface area (Å²) < 4.78 is 5.40. The van der Waals surface area contributed by atoms with Gasteiger partial charge in [0, 0.05) is 23.5 Å². The Hall–Kier alpha value is -3.28. The van der Waals surface area contributed by atoms with Crippen LogP contribution in [0.3, 0.4) is 0 Å². The van der Waals surface area contributed by atoms with Crippen LogP contribution in [0.2, 0.25) is 0 Å². The van der Waals surface area contributed by atoms with Crippen LogP contribution in [0.25, 0.3) is 0 Å². The lowest BCUT2D eigenvalue weighted by Crippen LogP contribution is -2.21. The summed E-state index contributed by atoms with van der Waals surface area (Å²) in [5.74, 6) is 0.532. The molecule has 0 aliphatic carbocycles. The second-order valence-corrected chi connectivity index (χ2v) is 5.50. The molecule has 6 heteroatoms. The Morgan fingerprint density at radius 3 is 2.00 bits per heavy atom. The Morgan fingerprint density at radius 1 is 0.923 bits per heavy atom. The Morgan fingerprint density at radius 2 is 1.46 bits per heavy atom. The molecule has 0 fully saturated rings. The minimum absolute atomic E-state index is 0.0492. The number of hydrogen-bond donors (Lipinski definition) is 3. The maximum atomic E-state index is 12.0. The molecule has 2 amide bonds. The number of anilines is 3. The van der Waals surface area contributed by atoms with Crippen molar-refractivity contribution in [1.82, 2.24) is 0 Å². The Balaban J connectivity index is 1.79. The van der Waals surface area contributed by atoms with Gasteiger partial charge in [-0.2, -0.15) is 0 Å². The molecule has 3 N–H and O–H groups in total. The highest BCUT2D eigenvalue weighted by molar-refractivity contribution is 5.94. The van der Waals surface area contributed by atoms with Crippen molar-refractivity contribution in [2.75, 3.05) is 29.1 Å². The average Bonchev–Trinajstić information content (AvgIpc) is 2.67. The lowest BCUT2D eigenvalue weighted by molar-refractivity contribution is -0.116. The summed E-state index contributed by atoms with van der Waals surface area (Å²) in [6, 6.07) is 14.3. The van der Waals surface area contributed by atoms with E-state index in [1.807, 2.05) is 24.3 Å². The summed E-state index contributed by atoms with van der Waals surface area (Å²) in [6.45, 7) is 5.98. The zero-order chi connectivity index (χ0) is 18.8. The molecule has 0 heterocycles. The molecule has 0 atom stereocenters. The van der Waals surface area contributed by atoms with Gasteiger partial charge in [0.25, 0.3) is 0 Å². The van der Waals surface area contributed by atoms with Gasteiger partial charge < -0.3 is 20.7 Å². The number of carbonyl (C=O) groups excluding carboxylic acids is 2. The fourth-order valence-corrected chi connectivity index (χ4v) is 2.10. The molecule has 0 unspecified atom stereocenters. The summed E-state index contributed by atoms with van der Waals surface area (Å²) in [5, 5.41) is 8.60. The molecule has 0 aliphatic heterocycles. The lowest BCUT2D eigenvalue weighted by atomic mass is 10.2. The highest BCUT2D eigenvalue weighted by atomic mass is 16.5. The van der Waals surface area contributed by atoms with Gasteiger partial charge in [-0.1, -0.05) is 19.6 Å². The SMILES string of the molecule is C=CCOc1ccc(NCC(=O)Nc2ccc(NC(=O)CC)cc2)cc1. The van der Waals surface area contributed by atoms with Gasteiger partial charge in [0.2, 0.25) is 11.8 Å². The van der Waals surface area contributed by atoms with Gasteiger partial charge in [-0.15, -0.1) is 0 Å². The van der Waals surface area contributed by atoms with Gasteiger partial charge in [-0.05, 0) is 48.5 Å². The van der Waals surface area contributed by atoms with Gasteiger partial charge in [-0.25, -0.2) is 0 Å². The van der Waals surface area contributed by atoms with Crippen molar-refractivity contribution in [3.63, 3.8) is 0 Å². The third kappa shape index (κ3) is 6.32. The van der Waals surface area contributed by atoms with Crippen LogP contribution in [-0.2, 0) is 9.59 Å². The highest BCUT2D eigenvalue weighted by Crippen LogP contribution is 2.16. The number of carbonyl (C=O) groups is 2. The molecular formula is C20H23N3O3. The normalized spacial score (nSPS) is 9.88. The van der Waals surface area contributed by atoms with Crippen molar-refractivity contribution >= 4 is 28.9 Å². The minimum atomic E-state index is -0.165. The largest absolute Gasteiger partial charge is 0.490 e. The van der Waals surface area contributed by atoms with Gasteiger partial charge in [0.1, 0.15) is 12.4 Å². The topological polar surface area (TPSA) is 79.5 Å². The summed E-state index contributed by atoms with van der Waals surface area (Å²) >= 11 is 0. The van der Waals surface area contributed by atoms with Crippen LogP contribution >= 0.6 is 0 Å². The molecule has 0 saturated heterocycles. The molecule has 2 aromatic rings. The molecule has 0 radical (unpaired) electrons. The Kier molecular flexibility index (Phi) is 7.24. The third-order valence-electron chi connectivity index (χ3n) is 3.45. The van der Waals surface area contributed by atoms with E-state index < -0.39 is 0 Å². The summed E-state index contributed by atoms with van der Waals surface area (Å²) in [5.41, 5.74) is 2.19. The fourth-order valence-electron chi connectivity index (χ4n) is 2.10. The average molecular weight is 353 g/mol. The maximum absolute atomic E-state index is 12.0. The van der Waals surface area contributed by atoms with Crippen molar-refractivity contribution in [1.29, 1.82) is 0 Å². The van der Waals surface area contributed by atoms with Gasteiger partial charge >= 0.3 is 0 Å². The molecule has 0 aliphatic rings. The fraction of sp³-hybridized carbons (Fsp3) is 0.200. The van der Waals surface area contributed by atoms with E-state index in [9.17, 15) is 9.59 Å². The van der Waals surface area contributed by atoms with Crippen LogP contribution in [0.4, 0.5) is 17.1 Å². The standard InChI is InChI=1S/C20H23N3O3/c1-3-13-26-18-11-9-15(10-12-18)21-14-20(25)23-17-7-5-16(6-8-17)22-19(24)4-2/h3,5-12,21H,1,4,13-14H2,2H3,(H,22,24)(H,23,25). The van der Waals surface area contributed by atoms with Gasteiger partial charge in [0.05, 0.1) is 6.54 Å². The maximum Gasteiger partial charge on any atom is 0.243 e. The molecule has 26 heavy (non-hydrogen) atoms. The lowest BCUT2D eigenvalue weighted by Gasteiger charge is -2.10. The number of amides is 2. The van der Waals surface area contributed by atoms with Crippen LogP contribution in [-0.4, -0.2) is 25.0 Å². The predicted octanol–water partition coefficient (Wildman–Crippen LogP) is 3.65. The molecule has 2 aromatic carbocycles. The number of benzene rings is 2. The molecule has 0 spiro atoms. The monoisotopic (exact) mass is 353 g/mol. The first kappa shape index (κ1) is 19.1. The van der Waals surface area contributed by atoms with Gasteiger partial charge in [-0.3, -0.25) is 9.59 Å². The molecular weight excluding hydrogens is 330 g/mol. The van der Waals surface area contributed by atoms with Crippen molar-refractivity contribution in [3.8, 4) is 5.75 Å². The first-order valence-corrected chi connectivity index (χ1v) is 8.38. The smallest absolute Gasteiger partial charge is 0.243 e. The van der Waals surface area contributed by atoms with Crippen molar-refractivity contribution in [3.05, 3.63) is 61.2 Å². The third-order valence-corrected chi connectivity index (χ3v) is 3.45. The van der Waals surface area contributed by atoms with E-state index in [0.29, 0.717) is 24.4 Å². The van der Waals surface area contributed by atoms with E-state index in [4.69, 9.17) is 4.74 Å². The molecule has 0 aromatic heterocycles. The summed E-state index contributed by atoms with van der Waals surface area (Å²) in [6.07, 6.45) is 2.10. The molecule has 136 valence electrons. The highest BCUT2D eigenvalue weighted by Gasteiger charge is 2.04. The van der Waals surface area contributed by atoms with E-state index in [1.165, 1.54) is 0 Å². The van der Waals surface area contributed by atoms with Crippen molar-refractivity contribution in [2.24, 2.45) is 0 Å². The molecule has 2 rings (SSSR count). The summed E-state index contributed by atoms with van der Waals surface area (Å²) in [7, 11) is 0. The van der Waals surface area contributed by atoms with Gasteiger partial charge in [0.15, 0.2) is 0 Å². The van der Waals surface area contributed by atoms with E-state index in [2.05, 4.69) is 22.5 Å². The second kappa shape index (κ2) is 9.88. The number of nitrogens with one attached hydrogen (secondary N) is 3. The van der Waals surface area contributed by atoms with Crippen LogP contribution < -0.4 is 20.7 Å². The Bertz CT molecular complexity index is 740. The van der Waals surface area contributed by atoms with E-state index in [1.54, 1.807) is 37.3 Å². The van der Waals surface area contributed by atoms with Crippen LogP contribution in [0.1, 0.15) is 13.3 Å². The van der Waals surface area contributed by atoms with E-state index >= 15 is 0 Å². The van der Waals surface area contributed by atoms with Crippen molar-refractivity contribution < 1.29 is 14.3 Å². The van der Waals surface area contributed by atoms with E-state index in [-0.39, 0.29) is 18.4 Å². The van der Waals surface area contributed by atoms with Crippen LogP contribution in [0.15, 0.2) is 61.2 Å². The number of hydrogen-bond acceptors (Lipinski definition) is 4. The molecule has 0 bridgehead atoms. The van der Waals surface area contributed by atoms with Crippen molar-refractivity contribution in [2.45, 2.75) is 13.3 Å². The van der Waals surface area contributed by atoms with Crippen LogP contribution in [0.5, 0.6) is 5.75 Å². The zero-order valence-electron chi connectivity index (χ0n) is 14.7. The first-order valence-electron chi connectivity index (χ1n) is 8.38. The zero-order valence-corrected chi connectivity index (χ0v) is 14.7. The minimum Gasteiger partial charge on any atom is -0.490 e. The molecule has 6 nitrogen and oxygen atoms in total. The number of rotatable bonds is 9. The molecule has 0 saturated carbocycles. The number of ether oxygens (including phenoxy) is 1. The second-order valence-electron chi connectivity index (χ2n) is 5.50. The first-order chi connectivity index (χ1) is 12.6. The Labute approximate surface area is 153 Å². The van der Waals surface area contributed by atoms with E-state index in [0.717, 1.165) is 11.4 Å². The summed E-state index contributed by atoms with van der Waals surface area (Å²) in [4.78, 5) is 23.4.